The summed E-state index contributed by atoms with van der Waals surface area (Å²) in [5, 5.41) is 0. The highest BCUT2D eigenvalue weighted by molar-refractivity contribution is 5.70. The molecule has 0 saturated heterocycles. The van der Waals surface area contributed by atoms with Gasteiger partial charge in [-0.15, -0.1) is 0 Å². The van der Waals surface area contributed by atoms with Gasteiger partial charge in [-0.3, -0.25) is 0 Å². The lowest BCUT2D eigenvalue weighted by Crippen LogP contribution is -2.23. The number of hydrogen-bond donors (Lipinski definition) is 0. The average molecular weight is 660 g/mol. The second-order valence-electron chi connectivity index (χ2n) is 9.79. The molecule has 4 aromatic rings. The molecule has 0 atom stereocenters. The van der Waals surface area contributed by atoms with Crippen LogP contribution in [0.15, 0.2) is 84.7 Å². The summed E-state index contributed by atoms with van der Waals surface area (Å²) in [5.74, 6) is -11.5. The fourth-order valence-electron chi connectivity index (χ4n) is 4.44. The molecule has 0 unspecified atom stereocenters. The first-order valence-corrected chi connectivity index (χ1v) is 13.2. The summed E-state index contributed by atoms with van der Waals surface area (Å²) in [6.07, 6.45) is -6.63. The summed E-state index contributed by atoms with van der Waals surface area (Å²) in [5.41, 5.74) is -5.88. The summed E-state index contributed by atoms with van der Waals surface area (Å²) in [6.45, 7) is 1.70. The minimum absolute atomic E-state index is 0.210. The third kappa shape index (κ3) is 7.40. The van der Waals surface area contributed by atoms with Gasteiger partial charge in [0.2, 0.25) is 0 Å². The van der Waals surface area contributed by atoms with Gasteiger partial charge in [-0.25, -0.2) is 30.7 Å². The number of hydrogen-bond acceptors (Lipinski definition) is 1. The number of ether oxygens (including phenoxy) is 1. The molecule has 13 heteroatoms. The molecule has 0 bridgehead atoms. The van der Waals surface area contributed by atoms with Crippen LogP contribution in [0.2, 0.25) is 0 Å². The van der Waals surface area contributed by atoms with Crippen LogP contribution in [0, 0.1) is 29.1 Å². The monoisotopic (exact) mass is 660 g/mol. The molecular weight excluding hydrogens is 640 g/mol. The second-order valence-corrected chi connectivity index (χ2v) is 9.79. The molecule has 0 aliphatic rings. The van der Waals surface area contributed by atoms with Crippen LogP contribution in [-0.2, 0) is 12.3 Å². The fourth-order valence-corrected chi connectivity index (χ4v) is 4.44. The zero-order chi connectivity index (χ0) is 34.0. The molecule has 0 fully saturated rings. The molecule has 0 N–H and O–H groups in total. The molecule has 4 aromatic carbocycles. The lowest BCUT2D eigenvalue weighted by atomic mass is 10.00. The van der Waals surface area contributed by atoms with Crippen LogP contribution in [0.1, 0.15) is 36.5 Å². The fraction of sp³-hybridized carbons (Fsp3) is 0.152. The van der Waals surface area contributed by atoms with Crippen LogP contribution in [0.25, 0.3) is 28.1 Å². The van der Waals surface area contributed by atoms with Crippen molar-refractivity contribution >= 4 is 5.83 Å². The molecule has 0 heterocycles. The number of alkyl halides is 5. The van der Waals surface area contributed by atoms with E-state index in [0.29, 0.717) is 36.4 Å². The highest BCUT2D eigenvalue weighted by Crippen LogP contribution is 2.39. The van der Waals surface area contributed by atoms with Crippen molar-refractivity contribution in [1.29, 1.82) is 0 Å². The van der Waals surface area contributed by atoms with Crippen molar-refractivity contribution in [2.45, 2.75) is 32.1 Å². The van der Waals surface area contributed by atoms with Crippen LogP contribution in [0.5, 0.6) is 5.75 Å². The van der Waals surface area contributed by atoms with E-state index in [-0.39, 0.29) is 36.1 Å². The third-order valence-electron chi connectivity index (χ3n) is 6.64. The quantitative estimate of drug-likeness (QED) is 0.128. The van der Waals surface area contributed by atoms with Gasteiger partial charge >= 0.3 is 12.3 Å². The molecule has 0 aromatic heterocycles. The van der Waals surface area contributed by atoms with Gasteiger partial charge in [-0.05, 0) is 66.9 Å². The zero-order valence-electron chi connectivity index (χ0n) is 23.4. The van der Waals surface area contributed by atoms with E-state index < -0.39 is 86.6 Å². The minimum atomic E-state index is -5.37. The first kappa shape index (κ1) is 34.2. The predicted molar refractivity (Wildman–Crippen MR) is 146 cm³/mol. The summed E-state index contributed by atoms with van der Waals surface area (Å²) in [6, 6.07) is 6.86. The Hall–Kier alpha value is -4.68. The highest BCUT2D eigenvalue weighted by Gasteiger charge is 2.39. The standard InChI is InChI=1S/C33H20F12O/c1-2-3-4-5-24(34)31(40)18-6-9-21(25(35)13-18)17-7-11-23(27(37)12-17)33(44,45)46-20-8-10-22(26(36)16-20)19-14-28(38)30(29(39)15-19)32(41,42)43/h2-3,6-16H,4-5H2,1H3. The Morgan fingerprint density at radius 1 is 0.674 bits per heavy atom. The maximum Gasteiger partial charge on any atom is 0.429 e. The number of allylic oxidation sites excluding steroid dienone is 3. The highest BCUT2D eigenvalue weighted by atomic mass is 19.4. The SMILES string of the molecule is CC=CCCC(F)=C(F)c1ccc(-c2ccc(C(F)(F)Oc3ccc(-c4cc(F)c(C(F)(F)F)c(F)c4)c(F)c3)c(F)c2)c(F)c1. The Morgan fingerprint density at radius 3 is 1.83 bits per heavy atom. The van der Waals surface area contributed by atoms with E-state index >= 15 is 0 Å². The topological polar surface area (TPSA) is 9.23 Å². The van der Waals surface area contributed by atoms with Gasteiger partial charge in [0, 0.05) is 29.2 Å². The van der Waals surface area contributed by atoms with Crippen LogP contribution >= 0.6 is 0 Å². The largest absolute Gasteiger partial charge is 0.429 e. The van der Waals surface area contributed by atoms with E-state index in [1.54, 1.807) is 19.1 Å². The normalized spacial score (nSPS) is 12.9. The summed E-state index contributed by atoms with van der Waals surface area (Å²) >= 11 is 0. The molecular formula is C33H20F12O. The summed E-state index contributed by atoms with van der Waals surface area (Å²) in [7, 11) is 0. The van der Waals surface area contributed by atoms with Crippen LogP contribution in [-0.4, -0.2) is 0 Å². The molecule has 46 heavy (non-hydrogen) atoms. The molecule has 242 valence electrons. The van der Waals surface area contributed by atoms with Gasteiger partial charge in [0.1, 0.15) is 46.2 Å². The third-order valence-corrected chi connectivity index (χ3v) is 6.64. The number of benzene rings is 4. The van der Waals surface area contributed by atoms with E-state index in [1.165, 1.54) is 0 Å². The van der Waals surface area contributed by atoms with Crippen molar-refractivity contribution in [1.82, 2.24) is 0 Å². The lowest BCUT2D eigenvalue weighted by Gasteiger charge is -2.20. The number of halogens is 12. The molecule has 0 spiro atoms. The first-order valence-electron chi connectivity index (χ1n) is 13.2. The van der Waals surface area contributed by atoms with Gasteiger partial charge in [0.25, 0.3) is 0 Å². The van der Waals surface area contributed by atoms with E-state index in [4.69, 9.17) is 0 Å². The Morgan fingerprint density at radius 2 is 1.26 bits per heavy atom. The van der Waals surface area contributed by atoms with E-state index in [0.717, 1.165) is 18.2 Å². The van der Waals surface area contributed by atoms with Crippen LogP contribution in [0.3, 0.4) is 0 Å². The molecule has 1 nitrogen and oxygen atoms in total. The first-order chi connectivity index (χ1) is 21.5. The summed E-state index contributed by atoms with van der Waals surface area (Å²) in [4.78, 5) is 0. The maximum atomic E-state index is 14.9. The molecule has 0 saturated carbocycles. The second kappa shape index (κ2) is 13.4. The van der Waals surface area contributed by atoms with Crippen molar-refractivity contribution < 1.29 is 57.4 Å². The van der Waals surface area contributed by atoms with Crippen molar-refractivity contribution in [3.63, 3.8) is 0 Å². The van der Waals surface area contributed by atoms with E-state index in [9.17, 15) is 52.7 Å². The lowest BCUT2D eigenvalue weighted by molar-refractivity contribution is -0.187. The van der Waals surface area contributed by atoms with Gasteiger partial charge < -0.3 is 4.74 Å². The Bertz CT molecular complexity index is 1800. The smallest absolute Gasteiger partial charge is 0.429 e. The zero-order valence-corrected chi connectivity index (χ0v) is 23.4. The van der Waals surface area contributed by atoms with Gasteiger partial charge in [0.15, 0.2) is 5.83 Å². The average Bonchev–Trinajstić information content (AvgIpc) is 2.95. The van der Waals surface area contributed by atoms with E-state index in [1.807, 2.05) is 0 Å². The van der Waals surface area contributed by atoms with Crippen LogP contribution in [0.4, 0.5) is 52.7 Å². The van der Waals surface area contributed by atoms with Crippen molar-refractivity contribution in [3.8, 4) is 28.0 Å². The van der Waals surface area contributed by atoms with Gasteiger partial charge in [0.05, 0.1) is 5.56 Å². The van der Waals surface area contributed by atoms with Gasteiger partial charge in [-0.1, -0.05) is 30.4 Å². The minimum Gasteiger partial charge on any atom is -0.429 e. The maximum absolute atomic E-state index is 14.9. The predicted octanol–water partition coefficient (Wildman–Crippen LogP) is 11.8. The number of rotatable bonds is 9. The van der Waals surface area contributed by atoms with Crippen molar-refractivity contribution in [2.75, 3.05) is 0 Å². The molecule has 4 rings (SSSR count). The Kier molecular flexibility index (Phi) is 9.93. The Balaban J connectivity index is 1.56. The summed E-state index contributed by atoms with van der Waals surface area (Å²) < 4.78 is 173. The van der Waals surface area contributed by atoms with Crippen molar-refractivity contribution in [3.05, 3.63) is 130 Å². The van der Waals surface area contributed by atoms with E-state index in [2.05, 4.69) is 4.74 Å². The molecule has 0 radical (unpaired) electrons. The van der Waals surface area contributed by atoms with Crippen LogP contribution < -0.4 is 4.74 Å². The molecule has 0 amide bonds. The van der Waals surface area contributed by atoms with Crippen molar-refractivity contribution in [2.24, 2.45) is 0 Å². The molecule has 0 aliphatic heterocycles. The molecule has 0 aliphatic carbocycles. The van der Waals surface area contributed by atoms with Gasteiger partial charge in [-0.2, -0.15) is 22.0 Å². The Labute approximate surface area is 254 Å².